The molecule has 5 nitrogen and oxygen atoms in total. The van der Waals surface area contributed by atoms with Gasteiger partial charge in [0, 0.05) is 13.0 Å². The van der Waals surface area contributed by atoms with Gasteiger partial charge in [-0.15, -0.1) is 0 Å². The highest BCUT2D eigenvalue weighted by molar-refractivity contribution is 5.88. The van der Waals surface area contributed by atoms with Gasteiger partial charge in [-0.25, -0.2) is 14.2 Å². The molecule has 2 aromatic carbocycles. The molecule has 30 heavy (non-hydrogen) atoms. The van der Waals surface area contributed by atoms with Gasteiger partial charge >= 0.3 is 5.97 Å². The molecular weight excluding hydrogens is 383 g/mol. The molecule has 1 heterocycles. The molecule has 6 heteroatoms. The fourth-order valence-corrected chi connectivity index (χ4v) is 3.69. The standard InChI is InChI=1S/C24H23FN2O3/c1-15-6-9-22-21(10-15)26-23(14-30-20-5-3-4-17(12-20)24(28)29)27(22)13-18-7-8-19(25)11-16(18)2/h3-10,12,16H,11,13-14H2,1-2H3,(H,28,29). The molecule has 0 fully saturated rings. The van der Waals surface area contributed by atoms with Crippen molar-refractivity contribution in [2.45, 2.75) is 33.4 Å². The molecule has 0 amide bonds. The van der Waals surface area contributed by atoms with Crippen LogP contribution in [0.15, 0.2) is 66.0 Å². The van der Waals surface area contributed by atoms with Crippen molar-refractivity contribution in [2.24, 2.45) is 5.92 Å². The summed E-state index contributed by atoms with van der Waals surface area (Å²) in [5, 5.41) is 9.18. The Morgan fingerprint density at radius 1 is 1.27 bits per heavy atom. The topological polar surface area (TPSA) is 64.3 Å². The van der Waals surface area contributed by atoms with E-state index >= 15 is 0 Å². The third-order valence-corrected chi connectivity index (χ3v) is 5.38. The molecule has 0 radical (unpaired) electrons. The van der Waals surface area contributed by atoms with Gasteiger partial charge in [-0.1, -0.05) is 25.1 Å². The molecule has 154 valence electrons. The summed E-state index contributed by atoms with van der Waals surface area (Å²) in [5.41, 5.74) is 4.28. The first-order valence-electron chi connectivity index (χ1n) is 9.88. The fraction of sp³-hybridized carbons (Fsp3) is 0.250. The minimum Gasteiger partial charge on any atom is -0.486 e. The van der Waals surface area contributed by atoms with Crippen molar-refractivity contribution in [3.05, 3.63) is 83.0 Å². The summed E-state index contributed by atoms with van der Waals surface area (Å²) < 4.78 is 21.6. The van der Waals surface area contributed by atoms with Crippen molar-refractivity contribution in [3.63, 3.8) is 0 Å². The number of hydrogen-bond acceptors (Lipinski definition) is 3. The quantitative estimate of drug-likeness (QED) is 0.592. The summed E-state index contributed by atoms with van der Waals surface area (Å²) in [7, 11) is 0. The Morgan fingerprint density at radius 3 is 2.87 bits per heavy atom. The summed E-state index contributed by atoms with van der Waals surface area (Å²) >= 11 is 0. The lowest BCUT2D eigenvalue weighted by molar-refractivity contribution is 0.0696. The molecule has 0 spiro atoms. The van der Waals surface area contributed by atoms with E-state index in [1.807, 2.05) is 38.1 Å². The van der Waals surface area contributed by atoms with Gasteiger partial charge in [-0.2, -0.15) is 0 Å². The highest BCUT2D eigenvalue weighted by atomic mass is 19.1. The summed E-state index contributed by atoms with van der Waals surface area (Å²) in [5.74, 6) is 0.221. The number of hydrogen-bond donors (Lipinski definition) is 1. The maximum Gasteiger partial charge on any atom is 0.335 e. The van der Waals surface area contributed by atoms with Crippen molar-refractivity contribution in [3.8, 4) is 5.75 Å². The zero-order valence-electron chi connectivity index (χ0n) is 16.9. The van der Waals surface area contributed by atoms with Crippen LogP contribution in [-0.2, 0) is 13.2 Å². The summed E-state index contributed by atoms with van der Waals surface area (Å²) in [6.45, 7) is 4.83. The van der Waals surface area contributed by atoms with Crippen molar-refractivity contribution >= 4 is 17.0 Å². The number of imidazole rings is 1. The normalized spacial score (nSPS) is 16.3. The first kappa shape index (κ1) is 19.9. The molecular formula is C24H23FN2O3. The van der Waals surface area contributed by atoms with Crippen molar-refractivity contribution < 1.29 is 19.0 Å². The van der Waals surface area contributed by atoms with E-state index in [9.17, 15) is 14.3 Å². The number of fused-ring (bicyclic) bond motifs is 1. The second kappa shape index (κ2) is 8.14. The van der Waals surface area contributed by atoms with Crippen LogP contribution in [0.5, 0.6) is 5.75 Å². The smallest absolute Gasteiger partial charge is 0.335 e. The number of aryl methyl sites for hydroxylation is 1. The fourth-order valence-electron chi connectivity index (χ4n) is 3.69. The Kier molecular flexibility index (Phi) is 5.40. The highest BCUT2D eigenvalue weighted by Crippen LogP contribution is 2.29. The Bertz CT molecular complexity index is 1180. The average molecular weight is 406 g/mol. The minimum atomic E-state index is -0.998. The monoisotopic (exact) mass is 406 g/mol. The molecule has 3 aromatic rings. The third-order valence-electron chi connectivity index (χ3n) is 5.38. The van der Waals surface area contributed by atoms with E-state index < -0.39 is 5.97 Å². The van der Waals surface area contributed by atoms with E-state index in [0.29, 0.717) is 18.7 Å². The van der Waals surface area contributed by atoms with E-state index in [0.717, 1.165) is 28.0 Å². The van der Waals surface area contributed by atoms with E-state index in [2.05, 4.69) is 4.57 Å². The Labute approximate surface area is 174 Å². The van der Waals surface area contributed by atoms with E-state index in [-0.39, 0.29) is 23.9 Å². The van der Waals surface area contributed by atoms with Crippen LogP contribution >= 0.6 is 0 Å². The van der Waals surface area contributed by atoms with Gasteiger partial charge in [-0.3, -0.25) is 0 Å². The van der Waals surface area contributed by atoms with Crippen LogP contribution in [0.3, 0.4) is 0 Å². The second-order valence-electron chi connectivity index (χ2n) is 7.69. The average Bonchev–Trinajstić information content (AvgIpc) is 3.05. The number of carboxylic acids is 1. The predicted octanol–water partition coefficient (Wildman–Crippen LogP) is 5.44. The number of halogens is 1. The number of nitrogens with zero attached hydrogens (tertiary/aromatic N) is 2. The molecule has 1 N–H and O–H groups in total. The third kappa shape index (κ3) is 4.13. The number of carboxylic acid groups (broad SMARTS) is 1. The maximum atomic E-state index is 13.6. The first-order chi connectivity index (χ1) is 14.4. The minimum absolute atomic E-state index is 0.0979. The molecule has 0 aliphatic heterocycles. The van der Waals surface area contributed by atoms with Gasteiger partial charge in [-0.05, 0) is 60.4 Å². The molecule has 1 atom stereocenters. The second-order valence-corrected chi connectivity index (χ2v) is 7.69. The predicted molar refractivity (Wildman–Crippen MR) is 113 cm³/mol. The van der Waals surface area contributed by atoms with E-state index in [1.165, 1.54) is 18.2 Å². The zero-order valence-corrected chi connectivity index (χ0v) is 16.9. The van der Waals surface area contributed by atoms with Crippen LogP contribution < -0.4 is 4.74 Å². The van der Waals surface area contributed by atoms with Crippen molar-refractivity contribution in [1.82, 2.24) is 9.55 Å². The highest BCUT2D eigenvalue weighted by Gasteiger charge is 2.19. The number of rotatable bonds is 6. The molecule has 1 unspecified atom stereocenters. The van der Waals surface area contributed by atoms with Crippen LogP contribution in [0.1, 0.15) is 35.1 Å². The van der Waals surface area contributed by atoms with Gasteiger partial charge in [0.2, 0.25) is 0 Å². The maximum absolute atomic E-state index is 13.6. The molecule has 1 aliphatic rings. The van der Waals surface area contributed by atoms with Crippen LogP contribution in [-0.4, -0.2) is 20.6 Å². The van der Waals surface area contributed by atoms with Crippen LogP contribution in [0.4, 0.5) is 4.39 Å². The lowest BCUT2D eigenvalue weighted by atomic mass is 9.92. The first-order valence-corrected chi connectivity index (χ1v) is 9.88. The zero-order chi connectivity index (χ0) is 21.3. The lowest BCUT2D eigenvalue weighted by Crippen LogP contribution is -2.14. The van der Waals surface area contributed by atoms with Gasteiger partial charge in [0.15, 0.2) is 0 Å². The van der Waals surface area contributed by atoms with Crippen LogP contribution in [0.2, 0.25) is 0 Å². The molecule has 0 saturated carbocycles. The summed E-state index contributed by atoms with van der Waals surface area (Å²) in [6.07, 6.45) is 3.79. The van der Waals surface area contributed by atoms with E-state index in [1.54, 1.807) is 12.1 Å². The largest absolute Gasteiger partial charge is 0.486 e. The molecule has 4 rings (SSSR count). The molecule has 1 aliphatic carbocycles. The Balaban J connectivity index is 1.66. The number of aromatic carboxylic acids is 1. The van der Waals surface area contributed by atoms with Crippen LogP contribution in [0.25, 0.3) is 11.0 Å². The number of benzene rings is 2. The number of carbonyl (C=O) groups is 1. The molecule has 0 bridgehead atoms. The van der Waals surface area contributed by atoms with Crippen LogP contribution in [0, 0.1) is 12.8 Å². The summed E-state index contributed by atoms with van der Waals surface area (Å²) in [4.78, 5) is 16.0. The van der Waals surface area contributed by atoms with Gasteiger partial charge in [0.1, 0.15) is 24.0 Å². The van der Waals surface area contributed by atoms with E-state index in [4.69, 9.17) is 9.72 Å². The number of ether oxygens (including phenoxy) is 1. The van der Waals surface area contributed by atoms with Gasteiger partial charge < -0.3 is 14.4 Å². The molecule has 1 aromatic heterocycles. The lowest BCUT2D eigenvalue weighted by Gasteiger charge is -2.20. The van der Waals surface area contributed by atoms with Crippen molar-refractivity contribution in [1.29, 1.82) is 0 Å². The number of allylic oxidation sites excluding steroid dienone is 4. The summed E-state index contributed by atoms with van der Waals surface area (Å²) in [6, 6.07) is 12.5. The molecule has 0 saturated heterocycles. The SMILES string of the molecule is Cc1ccc2c(c1)nc(COc1cccc(C(=O)O)c1)n2CC1=CC=C(F)CC1C. The van der Waals surface area contributed by atoms with Crippen molar-refractivity contribution in [2.75, 3.05) is 0 Å². The number of aromatic nitrogens is 2. The van der Waals surface area contributed by atoms with Gasteiger partial charge in [0.25, 0.3) is 0 Å². The van der Waals surface area contributed by atoms with Gasteiger partial charge in [0.05, 0.1) is 16.6 Å². The Morgan fingerprint density at radius 2 is 2.10 bits per heavy atom. The Hall–Kier alpha value is -3.41.